The molecule has 0 bridgehead atoms. The number of carbonyl (C=O) groups is 1. The summed E-state index contributed by atoms with van der Waals surface area (Å²) in [5, 5.41) is 9.76. The number of allylic oxidation sites excluding steroid dienone is 4. The molecule has 1 aromatic rings. The van der Waals surface area contributed by atoms with Gasteiger partial charge in [-0.3, -0.25) is 4.79 Å². The number of amides is 1. The molecule has 174 valence electrons. The molecule has 0 radical (unpaired) electrons. The van der Waals surface area contributed by atoms with Gasteiger partial charge in [-0.1, -0.05) is 74.7 Å². The highest BCUT2D eigenvalue weighted by molar-refractivity contribution is 7.92. The minimum absolute atomic E-state index is 0.148. The topological polar surface area (TPSA) is 101 Å². The standard InChI is InChI=1S/C22H36N4O3S2/c1-3-4-5-6-7-8-9-10-11-12-13-14-15-16-17-18-19-23-31(28,29)22-26-25-21(30-22)24-20(2)27/h7-8,10-11,19H,3-6,9,12-18H2,1-2H3,(H,24,25,27)/b8-7+,11-10-,23-19+. The third-order valence-electron chi connectivity index (χ3n) is 4.41. The van der Waals surface area contributed by atoms with Crippen molar-refractivity contribution in [2.75, 3.05) is 5.32 Å². The Morgan fingerprint density at radius 2 is 1.55 bits per heavy atom. The zero-order chi connectivity index (χ0) is 22.8. The molecule has 7 nitrogen and oxygen atoms in total. The van der Waals surface area contributed by atoms with Gasteiger partial charge in [0.25, 0.3) is 4.34 Å². The van der Waals surface area contributed by atoms with Crippen LogP contribution in [0.4, 0.5) is 5.13 Å². The molecule has 0 saturated heterocycles. The van der Waals surface area contributed by atoms with Gasteiger partial charge >= 0.3 is 10.0 Å². The van der Waals surface area contributed by atoms with Gasteiger partial charge in [-0.15, -0.1) is 10.2 Å². The van der Waals surface area contributed by atoms with E-state index in [0.717, 1.165) is 43.4 Å². The van der Waals surface area contributed by atoms with Gasteiger partial charge in [0.15, 0.2) is 0 Å². The van der Waals surface area contributed by atoms with Gasteiger partial charge in [-0.05, 0) is 44.9 Å². The molecule has 0 aliphatic carbocycles. The molecule has 0 unspecified atom stereocenters. The molecule has 1 aromatic heterocycles. The number of sulfonamides is 1. The minimum Gasteiger partial charge on any atom is -0.301 e. The van der Waals surface area contributed by atoms with E-state index in [1.165, 1.54) is 51.7 Å². The molecule has 0 spiro atoms. The van der Waals surface area contributed by atoms with Crippen LogP contribution in [0.25, 0.3) is 0 Å². The van der Waals surface area contributed by atoms with Crippen molar-refractivity contribution in [1.29, 1.82) is 0 Å². The molecule has 1 heterocycles. The van der Waals surface area contributed by atoms with Crippen LogP contribution in [0.3, 0.4) is 0 Å². The van der Waals surface area contributed by atoms with Crippen molar-refractivity contribution in [3.8, 4) is 0 Å². The number of hydrogen-bond acceptors (Lipinski definition) is 6. The predicted octanol–water partition coefficient (Wildman–Crippen LogP) is 6.07. The second-order valence-electron chi connectivity index (χ2n) is 7.34. The average Bonchev–Trinajstić information content (AvgIpc) is 3.19. The molecule has 0 saturated carbocycles. The summed E-state index contributed by atoms with van der Waals surface area (Å²) in [6, 6.07) is 0. The van der Waals surface area contributed by atoms with E-state index in [1.807, 2.05) is 0 Å². The summed E-state index contributed by atoms with van der Waals surface area (Å²) in [5.41, 5.74) is 0. The first-order chi connectivity index (χ1) is 15.0. The maximum atomic E-state index is 12.1. The normalized spacial score (nSPS) is 12.5. The summed E-state index contributed by atoms with van der Waals surface area (Å²) < 4.78 is 27.6. The van der Waals surface area contributed by atoms with E-state index in [2.05, 4.69) is 51.1 Å². The van der Waals surface area contributed by atoms with Gasteiger partial charge in [0, 0.05) is 13.1 Å². The number of unbranched alkanes of at least 4 members (excludes halogenated alkanes) is 9. The van der Waals surface area contributed by atoms with Gasteiger partial charge in [-0.25, -0.2) is 0 Å². The van der Waals surface area contributed by atoms with Crippen LogP contribution in [0.2, 0.25) is 0 Å². The third-order valence-corrected chi connectivity index (χ3v) is 6.87. The monoisotopic (exact) mass is 468 g/mol. The van der Waals surface area contributed by atoms with Crippen molar-refractivity contribution in [1.82, 2.24) is 10.2 Å². The molecular formula is C22H36N4O3S2. The highest BCUT2D eigenvalue weighted by Gasteiger charge is 2.18. The van der Waals surface area contributed by atoms with Crippen LogP contribution < -0.4 is 5.32 Å². The number of nitrogens with one attached hydrogen (secondary N) is 1. The van der Waals surface area contributed by atoms with Crippen LogP contribution in [0.15, 0.2) is 33.0 Å². The van der Waals surface area contributed by atoms with Crippen LogP contribution in [-0.2, 0) is 14.8 Å². The molecule has 31 heavy (non-hydrogen) atoms. The van der Waals surface area contributed by atoms with Gasteiger partial charge < -0.3 is 5.32 Å². The van der Waals surface area contributed by atoms with E-state index < -0.39 is 10.0 Å². The van der Waals surface area contributed by atoms with E-state index >= 15 is 0 Å². The first-order valence-electron chi connectivity index (χ1n) is 11.2. The average molecular weight is 469 g/mol. The first kappa shape index (κ1) is 27.2. The first-order valence-corrected chi connectivity index (χ1v) is 13.4. The Kier molecular flexibility index (Phi) is 14.7. The fourth-order valence-corrected chi connectivity index (χ4v) is 4.60. The Morgan fingerprint density at radius 3 is 2.19 bits per heavy atom. The highest BCUT2D eigenvalue weighted by atomic mass is 32.2. The van der Waals surface area contributed by atoms with Gasteiger partial charge in [0.05, 0.1) is 0 Å². The van der Waals surface area contributed by atoms with Gasteiger partial charge in [0.2, 0.25) is 11.0 Å². The second-order valence-corrected chi connectivity index (χ2v) is 10.1. The summed E-state index contributed by atoms with van der Waals surface area (Å²) in [6.45, 7) is 3.54. The lowest BCUT2D eigenvalue weighted by molar-refractivity contribution is -0.114. The largest absolute Gasteiger partial charge is 0.311 e. The number of aromatic nitrogens is 2. The van der Waals surface area contributed by atoms with E-state index in [1.54, 1.807) is 0 Å². The second kappa shape index (κ2) is 16.8. The van der Waals surface area contributed by atoms with Crippen LogP contribution >= 0.6 is 11.3 Å². The zero-order valence-electron chi connectivity index (χ0n) is 18.8. The molecule has 0 aromatic carbocycles. The molecule has 9 heteroatoms. The Bertz CT molecular complexity index is 814. The number of nitrogens with zero attached hydrogens (tertiary/aromatic N) is 3. The summed E-state index contributed by atoms with van der Waals surface area (Å²) in [5.74, 6) is -0.329. The smallest absolute Gasteiger partial charge is 0.301 e. The fraction of sp³-hybridized carbons (Fsp3) is 0.636. The van der Waals surface area contributed by atoms with Crippen LogP contribution in [0, 0.1) is 0 Å². The summed E-state index contributed by atoms with van der Waals surface area (Å²) in [6.07, 6.45) is 23.8. The van der Waals surface area contributed by atoms with Crippen molar-refractivity contribution < 1.29 is 13.2 Å². The quantitative estimate of drug-likeness (QED) is 0.129. The lowest BCUT2D eigenvalue weighted by Gasteiger charge is -1.98. The zero-order valence-corrected chi connectivity index (χ0v) is 20.4. The molecule has 0 aliphatic heterocycles. The Balaban J connectivity index is 2.06. The Hall–Kier alpha value is -1.87. The number of anilines is 1. The predicted molar refractivity (Wildman–Crippen MR) is 129 cm³/mol. The SMILES string of the molecule is CCCCC/C=C/C/C=C\CCCCCCC/C=N/S(=O)(=O)c1nnc(NC(C)=O)s1. The molecule has 0 fully saturated rings. The van der Waals surface area contributed by atoms with E-state index in [-0.39, 0.29) is 15.4 Å². The number of carbonyl (C=O) groups excluding carboxylic acids is 1. The van der Waals surface area contributed by atoms with Crippen molar-refractivity contribution >= 4 is 38.6 Å². The van der Waals surface area contributed by atoms with Crippen LogP contribution in [0.1, 0.15) is 90.9 Å². The molecule has 0 aliphatic rings. The Morgan fingerprint density at radius 1 is 0.935 bits per heavy atom. The van der Waals surface area contributed by atoms with E-state index in [4.69, 9.17) is 0 Å². The molecular weight excluding hydrogens is 432 g/mol. The fourth-order valence-electron chi connectivity index (χ4n) is 2.76. The van der Waals surface area contributed by atoms with E-state index in [0.29, 0.717) is 6.42 Å². The lowest BCUT2D eigenvalue weighted by Crippen LogP contribution is -2.04. The van der Waals surface area contributed by atoms with Gasteiger partial charge in [-0.2, -0.15) is 12.8 Å². The van der Waals surface area contributed by atoms with Crippen LogP contribution in [0.5, 0.6) is 0 Å². The van der Waals surface area contributed by atoms with Crippen molar-refractivity contribution in [3.63, 3.8) is 0 Å². The number of rotatable bonds is 17. The molecule has 1 N–H and O–H groups in total. The lowest BCUT2D eigenvalue weighted by atomic mass is 10.1. The molecule has 0 atom stereocenters. The molecule has 1 rings (SSSR count). The van der Waals surface area contributed by atoms with E-state index in [9.17, 15) is 13.2 Å². The van der Waals surface area contributed by atoms with Crippen molar-refractivity contribution in [2.24, 2.45) is 4.40 Å². The minimum atomic E-state index is -3.85. The summed E-state index contributed by atoms with van der Waals surface area (Å²) >= 11 is 0.792. The maximum absolute atomic E-state index is 12.1. The Labute approximate surface area is 191 Å². The summed E-state index contributed by atoms with van der Waals surface area (Å²) in [7, 11) is -3.85. The highest BCUT2D eigenvalue weighted by Crippen LogP contribution is 2.21. The number of hydrogen-bond donors (Lipinski definition) is 1. The van der Waals surface area contributed by atoms with Gasteiger partial charge in [0.1, 0.15) is 0 Å². The molecule has 1 amide bonds. The van der Waals surface area contributed by atoms with Crippen LogP contribution in [-0.4, -0.2) is 30.7 Å². The van der Waals surface area contributed by atoms with Crippen molar-refractivity contribution in [3.05, 3.63) is 24.3 Å². The van der Waals surface area contributed by atoms with Crippen molar-refractivity contribution in [2.45, 2.75) is 95.2 Å². The summed E-state index contributed by atoms with van der Waals surface area (Å²) in [4.78, 5) is 11.0. The maximum Gasteiger partial charge on any atom is 0.311 e. The third kappa shape index (κ3) is 13.9.